The molecule has 1 amide bonds. The second kappa shape index (κ2) is 11.7. The summed E-state index contributed by atoms with van der Waals surface area (Å²) in [5.41, 5.74) is 2.94. The molecule has 2 aromatic carbocycles. The standard InChI is InChI=1S/C29H33N3O6S/c1-29-15-26(34)32-28-31-20(17-39-28)6-4-2-3-5-11-37-25-13-21(7-8-22(25)27(35)36)38-24-14-23(29)18(9-10-30-29)12-19(24)16-33/h7-8,12-14,17,30,33H,2-6,9-11,15-16H2,1H3,(H,35,36)(H,31,32,34). The van der Waals surface area contributed by atoms with Crippen LogP contribution in [0.25, 0.3) is 0 Å². The quantitative estimate of drug-likeness (QED) is 0.350. The number of rotatable bonds is 2. The lowest BCUT2D eigenvalue weighted by Crippen LogP contribution is -2.47. The Hall–Kier alpha value is -3.47. The Labute approximate surface area is 231 Å². The van der Waals surface area contributed by atoms with Crippen LogP contribution in [0.4, 0.5) is 5.13 Å². The molecule has 1 unspecified atom stereocenters. The van der Waals surface area contributed by atoms with Gasteiger partial charge in [0, 0.05) is 35.5 Å². The fourth-order valence-corrected chi connectivity index (χ4v) is 6.00. The van der Waals surface area contributed by atoms with Crippen LogP contribution in [0.3, 0.4) is 0 Å². The van der Waals surface area contributed by atoms with Crippen LogP contribution in [0.1, 0.15) is 71.8 Å². The van der Waals surface area contributed by atoms with Crippen molar-refractivity contribution in [2.75, 3.05) is 18.5 Å². The van der Waals surface area contributed by atoms with Gasteiger partial charge in [-0.05, 0) is 68.0 Å². The number of nitrogens with zero attached hydrogens (tertiary/aromatic N) is 1. The van der Waals surface area contributed by atoms with Gasteiger partial charge in [0.1, 0.15) is 22.8 Å². The SMILES string of the molecule is CC12CC(=O)Nc3nc(cs3)CCCCCCOc3cc(ccc3C(=O)O)Oc3cc1c(cc3CO)CCN2. The fourth-order valence-electron chi connectivity index (χ4n) is 5.24. The van der Waals surface area contributed by atoms with Crippen molar-refractivity contribution in [1.82, 2.24) is 10.3 Å². The minimum atomic E-state index is -1.07. The van der Waals surface area contributed by atoms with Crippen molar-refractivity contribution >= 4 is 28.3 Å². The van der Waals surface area contributed by atoms with Gasteiger partial charge in [-0.1, -0.05) is 12.8 Å². The number of carbonyl (C=O) groups is 2. The fraction of sp³-hybridized carbons (Fsp3) is 0.414. The highest BCUT2D eigenvalue weighted by Gasteiger charge is 2.35. The molecule has 206 valence electrons. The molecule has 9 nitrogen and oxygen atoms in total. The molecule has 1 aromatic heterocycles. The first-order valence-corrected chi connectivity index (χ1v) is 14.2. The zero-order chi connectivity index (χ0) is 27.4. The van der Waals surface area contributed by atoms with Crippen LogP contribution in [0.15, 0.2) is 35.7 Å². The molecule has 0 fully saturated rings. The molecule has 0 saturated heterocycles. The molecule has 39 heavy (non-hydrogen) atoms. The summed E-state index contributed by atoms with van der Waals surface area (Å²) in [6.45, 7) is 2.85. The maximum atomic E-state index is 13.1. The molecule has 0 radical (unpaired) electrons. The molecule has 3 heterocycles. The van der Waals surface area contributed by atoms with Crippen LogP contribution in [0.2, 0.25) is 0 Å². The Kier molecular flexibility index (Phi) is 8.15. The predicted molar refractivity (Wildman–Crippen MR) is 148 cm³/mol. The maximum absolute atomic E-state index is 13.1. The van der Waals surface area contributed by atoms with E-state index in [1.165, 1.54) is 17.4 Å². The van der Waals surface area contributed by atoms with Gasteiger partial charge >= 0.3 is 5.97 Å². The van der Waals surface area contributed by atoms with Gasteiger partial charge in [-0.25, -0.2) is 9.78 Å². The zero-order valence-corrected chi connectivity index (χ0v) is 22.7. The van der Waals surface area contributed by atoms with E-state index in [9.17, 15) is 19.8 Å². The number of aryl methyl sites for hydroxylation is 1. The third-order valence-corrected chi connectivity index (χ3v) is 8.08. The van der Waals surface area contributed by atoms with Crippen molar-refractivity contribution in [3.63, 3.8) is 0 Å². The number of carboxylic acid groups (broad SMARTS) is 1. The van der Waals surface area contributed by atoms with Gasteiger partial charge in [0.2, 0.25) is 5.91 Å². The van der Waals surface area contributed by atoms with E-state index in [4.69, 9.17) is 9.47 Å². The van der Waals surface area contributed by atoms with E-state index in [0.29, 0.717) is 35.3 Å². The number of benzene rings is 2. The summed E-state index contributed by atoms with van der Waals surface area (Å²) in [6, 6.07) is 8.43. The summed E-state index contributed by atoms with van der Waals surface area (Å²) in [4.78, 5) is 29.5. The molecule has 0 saturated carbocycles. The number of aliphatic hydroxyl groups is 1. The summed E-state index contributed by atoms with van der Waals surface area (Å²) in [6.07, 6.45) is 5.45. The molecule has 10 heteroatoms. The molecule has 1 atom stereocenters. The number of fused-ring (bicyclic) bond motifs is 5. The van der Waals surface area contributed by atoms with Crippen LogP contribution < -0.4 is 20.1 Å². The van der Waals surface area contributed by atoms with E-state index < -0.39 is 11.5 Å². The lowest BCUT2D eigenvalue weighted by molar-refractivity contribution is -0.117. The van der Waals surface area contributed by atoms with Gasteiger partial charge in [0.15, 0.2) is 5.13 Å². The number of hydrogen-bond acceptors (Lipinski definition) is 8. The van der Waals surface area contributed by atoms with Gasteiger partial charge in [-0.3, -0.25) is 4.79 Å². The number of aliphatic hydroxyl groups excluding tert-OH is 1. The smallest absolute Gasteiger partial charge is 0.339 e. The minimum absolute atomic E-state index is 0.0655. The second-order valence-electron chi connectivity index (χ2n) is 10.2. The highest BCUT2D eigenvalue weighted by molar-refractivity contribution is 7.13. The highest BCUT2D eigenvalue weighted by atomic mass is 32.1. The van der Waals surface area contributed by atoms with Gasteiger partial charge in [-0.2, -0.15) is 0 Å². The lowest BCUT2D eigenvalue weighted by Gasteiger charge is -2.37. The monoisotopic (exact) mass is 551 g/mol. The summed E-state index contributed by atoms with van der Waals surface area (Å²) in [5, 5.41) is 28.8. The summed E-state index contributed by atoms with van der Waals surface area (Å²) >= 11 is 1.43. The first-order chi connectivity index (χ1) is 18.8. The third-order valence-electron chi connectivity index (χ3n) is 7.27. The number of aromatic nitrogens is 1. The number of anilines is 1. The normalized spacial score (nSPS) is 20.1. The zero-order valence-electron chi connectivity index (χ0n) is 21.9. The number of carboxylic acids is 1. The van der Waals surface area contributed by atoms with Crippen LogP contribution in [0.5, 0.6) is 17.2 Å². The van der Waals surface area contributed by atoms with Gasteiger partial charge in [0.25, 0.3) is 0 Å². The number of amides is 1. The average molecular weight is 552 g/mol. The van der Waals surface area contributed by atoms with E-state index in [1.54, 1.807) is 12.1 Å². The number of aromatic carboxylic acids is 1. The molecule has 2 aliphatic rings. The second-order valence-corrected chi connectivity index (χ2v) is 11.1. The Morgan fingerprint density at radius 1 is 1.13 bits per heavy atom. The molecular formula is C29H33N3O6S. The maximum Gasteiger partial charge on any atom is 0.339 e. The largest absolute Gasteiger partial charge is 0.493 e. The Morgan fingerprint density at radius 2 is 1.97 bits per heavy atom. The number of ether oxygens (including phenoxy) is 2. The molecule has 3 aromatic rings. The van der Waals surface area contributed by atoms with Gasteiger partial charge in [0.05, 0.1) is 18.9 Å². The molecule has 6 bridgehead atoms. The first-order valence-electron chi connectivity index (χ1n) is 13.3. The van der Waals surface area contributed by atoms with Crippen molar-refractivity contribution in [2.45, 2.75) is 64.0 Å². The van der Waals surface area contributed by atoms with Gasteiger partial charge in [-0.15, -0.1) is 11.3 Å². The molecule has 5 rings (SSSR count). The summed E-state index contributed by atoms with van der Waals surface area (Å²) in [7, 11) is 0. The highest BCUT2D eigenvalue weighted by Crippen LogP contribution is 2.39. The van der Waals surface area contributed by atoms with Gasteiger partial charge < -0.3 is 30.3 Å². The summed E-state index contributed by atoms with van der Waals surface area (Å²) in [5.74, 6) is -0.124. The Morgan fingerprint density at radius 3 is 2.79 bits per heavy atom. The average Bonchev–Trinajstić information content (AvgIpc) is 3.34. The van der Waals surface area contributed by atoms with Crippen LogP contribution in [0, 0.1) is 0 Å². The van der Waals surface area contributed by atoms with Crippen molar-refractivity contribution in [3.8, 4) is 17.2 Å². The molecule has 4 N–H and O–H groups in total. The number of hydrogen-bond donors (Lipinski definition) is 4. The number of carbonyl (C=O) groups excluding carboxylic acids is 1. The predicted octanol–water partition coefficient (Wildman–Crippen LogP) is 5.01. The third kappa shape index (κ3) is 6.24. The van der Waals surface area contributed by atoms with Crippen LogP contribution in [-0.2, 0) is 29.8 Å². The molecule has 2 aliphatic heterocycles. The van der Waals surface area contributed by atoms with E-state index in [1.807, 2.05) is 24.4 Å². The first kappa shape index (κ1) is 27.1. The lowest BCUT2D eigenvalue weighted by atomic mass is 9.80. The van der Waals surface area contributed by atoms with Crippen molar-refractivity contribution < 1.29 is 29.3 Å². The Bertz CT molecular complexity index is 1370. The van der Waals surface area contributed by atoms with Crippen molar-refractivity contribution in [3.05, 3.63) is 63.7 Å². The van der Waals surface area contributed by atoms with Crippen LogP contribution >= 0.6 is 11.3 Å². The van der Waals surface area contributed by atoms with Crippen LogP contribution in [-0.4, -0.2) is 40.2 Å². The summed E-state index contributed by atoms with van der Waals surface area (Å²) < 4.78 is 12.1. The Balaban J connectivity index is 1.51. The molecule has 0 spiro atoms. The van der Waals surface area contributed by atoms with E-state index in [-0.39, 0.29) is 30.2 Å². The van der Waals surface area contributed by atoms with Crippen molar-refractivity contribution in [1.29, 1.82) is 0 Å². The van der Waals surface area contributed by atoms with Crippen molar-refractivity contribution in [2.24, 2.45) is 0 Å². The number of nitrogens with one attached hydrogen (secondary N) is 2. The van der Waals surface area contributed by atoms with E-state index in [2.05, 4.69) is 15.6 Å². The topological polar surface area (TPSA) is 130 Å². The van der Waals surface area contributed by atoms with E-state index >= 15 is 0 Å². The molecular weight excluding hydrogens is 518 g/mol. The minimum Gasteiger partial charge on any atom is -0.493 e. The van der Waals surface area contributed by atoms with E-state index in [0.717, 1.165) is 55.3 Å². The molecule has 0 aliphatic carbocycles. The number of thiazole rings is 1.